The van der Waals surface area contributed by atoms with Gasteiger partial charge in [-0.25, -0.2) is 0 Å². The molecule has 1 atom stereocenters. The molecular formula is C11H25NO3. The van der Waals surface area contributed by atoms with Crippen LogP contribution in [0.15, 0.2) is 12.7 Å². The van der Waals surface area contributed by atoms with E-state index in [1.165, 1.54) is 0 Å². The van der Waals surface area contributed by atoms with Crippen LogP contribution < -0.4 is 5.32 Å². The van der Waals surface area contributed by atoms with Gasteiger partial charge in [-0.3, -0.25) is 0 Å². The molecule has 0 aliphatic carbocycles. The van der Waals surface area contributed by atoms with Crippen LogP contribution in [-0.4, -0.2) is 41.8 Å². The third kappa shape index (κ3) is 19.8. The lowest BCUT2D eigenvalue weighted by Gasteiger charge is -2.22. The lowest BCUT2D eigenvalue weighted by molar-refractivity contribution is -0.0881. The van der Waals surface area contributed by atoms with Crippen molar-refractivity contribution in [2.75, 3.05) is 19.8 Å². The molecule has 0 amide bonds. The van der Waals surface area contributed by atoms with Crippen LogP contribution in [0.3, 0.4) is 0 Å². The molecule has 3 N–H and O–H groups in total. The molecule has 4 heteroatoms. The zero-order valence-corrected chi connectivity index (χ0v) is 10.3. The predicted octanol–water partition coefficient (Wildman–Crippen LogP) is 0.894. The van der Waals surface area contributed by atoms with E-state index < -0.39 is 6.29 Å². The maximum absolute atomic E-state index is 9.21. The number of aliphatic hydroxyl groups excluding tert-OH is 2. The Hall–Kier alpha value is -0.420. The van der Waals surface area contributed by atoms with E-state index in [-0.39, 0.29) is 12.1 Å². The number of hydrogen-bond acceptors (Lipinski definition) is 4. The van der Waals surface area contributed by atoms with Gasteiger partial charge in [0.05, 0.1) is 6.61 Å². The van der Waals surface area contributed by atoms with Gasteiger partial charge in [-0.2, -0.15) is 0 Å². The number of ether oxygens (including phenoxy) is 1. The van der Waals surface area contributed by atoms with Crippen LogP contribution in [0.4, 0.5) is 0 Å². The largest absolute Gasteiger partial charge is 0.397 e. The maximum Gasteiger partial charge on any atom is 0.167 e. The molecule has 0 aromatic carbocycles. The molecule has 4 nitrogen and oxygen atoms in total. The second-order valence-corrected chi connectivity index (χ2v) is 4.02. The summed E-state index contributed by atoms with van der Waals surface area (Å²) in [5, 5.41) is 19.9. The van der Waals surface area contributed by atoms with Crippen molar-refractivity contribution in [3.63, 3.8) is 0 Å². The summed E-state index contributed by atoms with van der Waals surface area (Å²) in [6, 6.07) is 0. The average molecular weight is 219 g/mol. The lowest BCUT2D eigenvalue weighted by atomic mass is 10.1. The number of hydrogen-bond donors (Lipinski definition) is 3. The van der Waals surface area contributed by atoms with Crippen molar-refractivity contribution in [1.82, 2.24) is 5.32 Å². The number of aliphatic hydroxyl groups is 2. The standard InChI is InChI=1S/C9H19NO2.C2H6O/c1-5-6-12-8(11)7-10-9(2,3)4;1-2-3/h5,8,10-11H,1,6-7H2,2-4H3;3H,2H2,1H3. The SMILES string of the molecule is C=CCOC(O)CNC(C)(C)C.CCO. The summed E-state index contributed by atoms with van der Waals surface area (Å²) in [6.45, 7) is 12.3. The molecule has 0 aliphatic rings. The van der Waals surface area contributed by atoms with Gasteiger partial charge in [-0.1, -0.05) is 6.08 Å². The first kappa shape index (κ1) is 17.0. The first-order valence-corrected chi connectivity index (χ1v) is 5.13. The Morgan fingerprint density at radius 2 is 1.93 bits per heavy atom. The van der Waals surface area contributed by atoms with E-state index >= 15 is 0 Å². The molecule has 0 bridgehead atoms. The molecule has 0 saturated carbocycles. The van der Waals surface area contributed by atoms with E-state index in [1.54, 1.807) is 13.0 Å². The van der Waals surface area contributed by atoms with Crippen molar-refractivity contribution in [3.05, 3.63) is 12.7 Å². The second-order valence-electron chi connectivity index (χ2n) is 4.02. The van der Waals surface area contributed by atoms with E-state index in [0.717, 1.165) is 0 Å². The molecule has 0 aromatic rings. The number of β-amino-alcohol motifs (C(OH)–C–C–N with tert-alkyl or cyclic N) is 1. The Kier molecular flexibility index (Phi) is 11.5. The van der Waals surface area contributed by atoms with Gasteiger partial charge in [0.2, 0.25) is 0 Å². The van der Waals surface area contributed by atoms with Crippen LogP contribution >= 0.6 is 0 Å². The summed E-state index contributed by atoms with van der Waals surface area (Å²) < 4.78 is 4.96. The number of nitrogens with one attached hydrogen (secondary N) is 1. The molecule has 0 spiro atoms. The molecule has 0 saturated heterocycles. The zero-order chi connectivity index (χ0) is 12.3. The Balaban J connectivity index is 0. The van der Waals surface area contributed by atoms with Crippen molar-refractivity contribution < 1.29 is 14.9 Å². The van der Waals surface area contributed by atoms with E-state index in [2.05, 4.69) is 11.9 Å². The van der Waals surface area contributed by atoms with Gasteiger partial charge in [0.15, 0.2) is 6.29 Å². The van der Waals surface area contributed by atoms with Crippen LogP contribution in [0.2, 0.25) is 0 Å². The Morgan fingerprint density at radius 3 is 2.27 bits per heavy atom. The van der Waals surface area contributed by atoms with Crippen LogP contribution in [0.1, 0.15) is 27.7 Å². The van der Waals surface area contributed by atoms with E-state index in [0.29, 0.717) is 13.2 Å². The van der Waals surface area contributed by atoms with Crippen LogP contribution in [0, 0.1) is 0 Å². The highest BCUT2D eigenvalue weighted by atomic mass is 16.6. The first-order chi connectivity index (χ1) is 6.87. The summed E-state index contributed by atoms with van der Waals surface area (Å²) in [4.78, 5) is 0. The van der Waals surface area contributed by atoms with E-state index in [1.807, 2.05) is 20.8 Å². The van der Waals surface area contributed by atoms with Crippen LogP contribution in [-0.2, 0) is 4.74 Å². The smallest absolute Gasteiger partial charge is 0.167 e. The van der Waals surface area contributed by atoms with E-state index in [9.17, 15) is 5.11 Å². The van der Waals surface area contributed by atoms with Gasteiger partial charge in [-0.15, -0.1) is 6.58 Å². The quantitative estimate of drug-likeness (QED) is 0.475. The monoisotopic (exact) mass is 219 g/mol. The fraction of sp³-hybridized carbons (Fsp3) is 0.818. The van der Waals surface area contributed by atoms with Crippen LogP contribution in [0.25, 0.3) is 0 Å². The molecule has 92 valence electrons. The maximum atomic E-state index is 9.21. The predicted molar refractivity (Wildman–Crippen MR) is 62.7 cm³/mol. The molecule has 0 rings (SSSR count). The minimum absolute atomic E-state index is 0.0124. The Labute approximate surface area is 93.0 Å². The molecular weight excluding hydrogens is 194 g/mol. The third-order valence-electron chi connectivity index (χ3n) is 1.21. The summed E-state index contributed by atoms with van der Waals surface area (Å²) in [6.07, 6.45) is 0.863. The van der Waals surface area contributed by atoms with Gasteiger partial charge in [-0.05, 0) is 27.7 Å². The topological polar surface area (TPSA) is 61.7 Å². The normalized spacial score (nSPS) is 12.7. The van der Waals surface area contributed by atoms with Gasteiger partial charge in [0, 0.05) is 18.7 Å². The summed E-state index contributed by atoms with van der Waals surface area (Å²) in [5.41, 5.74) is 0.0124. The fourth-order valence-corrected chi connectivity index (χ4v) is 0.632. The van der Waals surface area contributed by atoms with Gasteiger partial charge in [0.1, 0.15) is 0 Å². The fourth-order valence-electron chi connectivity index (χ4n) is 0.632. The summed E-state index contributed by atoms with van der Waals surface area (Å²) in [7, 11) is 0. The zero-order valence-electron chi connectivity index (χ0n) is 10.3. The summed E-state index contributed by atoms with van der Waals surface area (Å²) >= 11 is 0. The molecule has 0 heterocycles. The summed E-state index contributed by atoms with van der Waals surface area (Å²) in [5.74, 6) is 0. The molecule has 15 heavy (non-hydrogen) atoms. The highest BCUT2D eigenvalue weighted by Crippen LogP contribution is 1.98. The lowest BCUT2D eigenvalue weighted by Crippen LogP contribution is -2.41. The molecule has 0 fully saturated rings. The molecule has 0 radical (unpaired) electrons. The first-order valence-electron chi connectivity index (χ1n) is 5.13. The molecule has 1 unspecified atom stereocenters. The van der Waals surface area contributed by atoms with Gasteiger partial charge < -0.3 is 20.3 Å². The van der Waals surface area contributed by atoms with Crippen molar-refractivity contribution in [2.45, 2.75) is 39.5 Å². The highest BCUT2D eigenvalue weighted by molar-refractivity contribution is 4.71. The van der Waals surface area contributed by atoms with Gasteiger partial charge in [0.25, 0.3) is 0 Å². The minimum Gasteiger partial charge on any atom is -0.397 e. The van der Waals surface area contributed by atoms with Crippen LogP contribution in [0.5, 0.6) is 0 Å². The Morgan fingerprint density at radius 1 is 1.47 bits per heavy atom. The van der Waals surface area contributed by atoms with Crippen molar-refractivity contribution >= 4 is 0 Å². The van der Waals surface area contributed by atoms with Gasteiger partial charge >= 0.3 is 0 Å². The van der Waals surface area contributed by atoms with E-state index in [4.69, 9.17) is 9.84 Å². The van der Waals surface area contributed by atoms with Crippen molar-refractivity contribution in [3.8, 4) is 0 Å². The highest BCUT2D eigenvalue weighted by Gasteiger charge is 2.11. The molecule has 0 aromatic heterocycles. The van der Waals surface area contributed by atoms with Crippen molar-refractivity contribution in [1.29, 1.82) is 0 Å². The average Bonchev–Trinajstić information content (AvgIpc) is 2.11. The minimum atomic E-state index is -0.748. The number of rotatable bonds is 5. The Bertz CT molecular complexity index is 143. The second kappa shape index (κ2) is 10.1. The third-order valence-corrected chi connectivity index (χ3v) is 1.21. The molecule has 0 aliphatic heterocycles. The van der Waals surface area contributed by atoms with Crippen molar-refractivity contribution in [2.24, 2.45) is 0 Å².